The van der Waals surface area contributed by atoms with Crippen molar-refractivity contribution in [2.24, 2.45) is 0 Å². The van der Waals surface area contributed by atoms with Crippen LogP contribution in [-0.4, -0.2) is 15.2 Å². The third-order valence-electron chi connectivity index (χ3n) is 2.54. The summed E-state index contributed by atoms with van der Waals surface area (Å²) in [7, 11) is 0. The molecule has 0 saturated carbocycles. The highest BCUT2D eigenvalue weighted by Gasteiger charge is 2.09. The van der Waals surface area contributed by atoms with Crippen molar-refractivity contribution in [1.82, 2.24) is 15.2 Å². The van der Waals surface area contributed by atoms with Gasteiger partial charge in [0.1, 0.15) is 5.82 Å². The zero-order valence-corrected chi connectivity index (χ0v) is 11.2. The lowest BCUT2D eigenvalue weighted by Gasteiger charge is -1.96. The lowest BCUT2D eigenvalue weighted by Crippen LogP contribution is -1.82. The molecule has 2 aromatic heterocycles. The summed E-state index contributed by atoms with van der Waals surface area (Å²) >= 11 is 1.52. The quantitative estimate of drug-likeness (QED) is 0.687. The van der Waals surface area contributed by atoms with Gasteiger partial charge in [0.15, 0.2) is 0 Å². The van der Waals surface area contributed by atoms with Crippen LogP contribution in [0.2, 0.25) is 0 Å². The number of hydrogen-bond acceptors (Lipinski definition) is 5. The molecule has 100 valence electrons. The van der Waals surface area contributed by atoms with E-state index >= 15 is 0 Å². The molecule has 0 aliphatic heterocycles. The van der Waals surface area contributed by atoms with E-state index in [1.807, 2.05) is 18.2 Å². The Kier molecular flexibility index (Phi) is 3.73. The zero-order valence-electron chi connectivity index (χ0n) is 10.4. The van der Waals surface area contributed by atoms with Gasteiger partial charge in [-0.15, -0.1) is 10.2 Å². The van der Waals surface area contributed by atoms with Gasteiger partial charge in [0.25, 0.3) is 0 Å². The molecule has 0 atom stereocenters. The highest BCUT2D eigenvalue weighted by molar-refractivity contribution is 7.98. The largest absolute Gasteiger partial charge is 0.420 e. The fourth-order valence-corrected chi connectivity index (χ4v) is 2.29. The van der Waals surface area contributed by atoms with Gasteiger partial charge >= 0.3 is 0 Å². The first kappa shape index (κ1) is 12.8. The minimum atomic E-state index is -0.292. The first-order valence-corrected chi connectivity index (χ1v) is 6.92. The van der Waals surface area contributed by atoms with E-state index in [1.54, 1.807) is 18.3 Å². The number of pyridine rings is 1. The lowest BCUT2D eigenvalue weighted by molar-refractivity contribution is 0.528. The van der Waals surface area contributed by atoms with Gasteiger partial charge in [0, 0.05) is 11.8 Å². The molecule has 0 saturated heterocycles. The summed E-state index contributed by atoms with van der Waals surface area (Å²) in [5.41, 5.74) is 0.702. The second-order valence-electron chi connectivity index (χ2n) is 3.96. The summed E-state index contributed by atoms with van der Waals surface area (Å²) in [6.07, 6.45) is 1.74. The average Bonchev–Trinajstić information content (AvgIpc) is 2.96. The topological polar surface area (TPSA) is 51.8 Å². The smallest absolute Gasteiger partial charge is 0.247 e. The lowest BCUT2D eigenvalue weighted by atomic mass is 10.2. The van der Waals surface area contributed by atoms with Crippen LogP contribution in [0, 0.1) is 5.82 Å². The fourth-order valence-electron chi connectivity index (χ4n) is 1.59. The van der Waals surface area contributed by atoms with Crippen LogP contribution in [-0.2, 0) is 5.75 Å². The third-order valence-corrected chi connectivity index (χ3v) is 3.47. The number of rotatable bonds is 4. The predicted octanol–water partition coefficient (Wildman–Crippen LogP) is 3.56. The summed E-state index contributed by atoms with van der Waals surface area (Å²) in [5, 5.41) is 8.82. The van der Waals surface area contributed by atoms with E-state index in [0.29, 0.717) is 23.1 Å². The Morgan fingerprint density at radius 3 is 2.65 bits per heavy atom. The molecule has 0 amide bonds. The Morgan fingerprint density at radius 2 is 1.90 bits per heavy atom. The zero-order chi connectivity index (χ0) is 13.8. The number of halogens is 1. The standard InChI is InChI=1S/C14H10FN3OS/c15-11-6-4-10(5-7-11)14-18-17-12(19-14)9-20-13-3-1-2-8-16-13/h1-8H,9H2. The Morgan fingerprint density at radius 1 is 1.05 bits per heavy atom. The molecular formula is C14H10FN3OS. The molecule has 1 aromatic carbocycles. The molecule has 0 radical (unpaired) electrons. The average molecular weight is 287 g/mol. The summed E-state index contributed by atoms with van der Waals surface area (Å²) < 4.78 is 18.4. The number of thioether (sulfide) groups is 1. The molecule has 0 bridgehead atoms. The van der Waals surface area contributed by atoms with Gasteiger partial charge in [0.05, 0.1) is 10.8 Å². The molecular weight excluding hydrogens is 277 g/mol. The van der Waals surface area contributed by atoms with E-state index in [9.17, 15) is 4.39 Å². The Bertz CT molecular complexity index is 685. The minimum Gasteiger partial charge on any atom is -0.420 e. The molecule has 0 aliphatic carbocycles. The van der Waals surface area contributed by atoms with Crippen molar-refractivity contribution in [3.05, 3.63) is 60.4 Å². The maximum atomic E-state index is 12.8. The summed E-state index contributed by atoms with van der Waals surface area (Å²) in [6, 6.07) is 11.7. The van der Waals surface area contributed by atoms with Gasteiger partial charge in [-0.25, -0.2) is 9.37 Å². The van der Waals surface area contributed by atoms with Gasteiger partial charge in [0.2, 0.25) is 11.8 Å². The Labute approximate surface area is 119 Å². The first-order chi connectivity index (χ1) is 9.81. The molecule has 3 rings (SSSR count). The van der Waals surface area contributed by atoms with E-state index in [-0.39, 0.29) is 5.82 Å². The van der Waals surface area contributed by atoms with Crippen molar-refractivity contribution >= 4 is 11.8 Å². The molecule has 0 N–H and O–H groups in total. The molecule has 2 heterocycles. The van der Waals surface area contributed by atoms with E-state index in [0.717, 1.165) is 5.03 Å². The number of hydrogen-bond donors (Lipinski definition) is 0. The van der Waals surface area contributed by atoms with Crippen molar-refractivity contribution in [3.8, 4) is 11.5 Å². The van der Waals surface area contributed by atoms with Crippen LogP contribution < -0.4 is 0 Å². The monoisotopic (exact) mass is 287 g/mol. The number of aromatic nitrogens is 3. The van der Waals surface area contributed by atoms with Gasteiger partial charge in [-0.05, 0) is 36.4 Å². The van der Waals surface area contributed by atoms with Crippen molar-refractivity contribution in [3.63, 3.8) is 0 Å². The molecule has 20 heavy (non-hydrogen) atoms. The van der Waals surface area contributed by atoms with Crippen LogP contribution in [0.1, 0.15) is 5.89 Å². The SMILES string of the molecule is Fc1ccc(-c2nnc(CSc3ccccn3)o2)cc1. The fraction of sp³-hybridized carbons (Fsp3) is 0.0714. The van der Waals surface area contributed by atoms with Gasteiger partial charge in [-0.2, -0.15) is 0 Å². The minimum absolute atomic E-state index is 0.292. The van der Waals surface area contributed by atoms with E-state index < -0.39 is 0 Å². The summed E-state index contributed by atoms with van der Waals surface area (Å²) in [5.74, 6) is 1.16. The maximum absolute atomic E-state index is 12.8. The molecule has 3 aromatic rings. The summed E-state index contributed by atoms with van der Waals surface area (Å²) in [4.78, 5) is 4.20. The maximum Gasteiger partial charge on any atom is 0.247 e. The normalized spacial score (nSPS) is 10.7. The van der Waals surface area contributed by atoms with Crippen LogP contribution >= 0.6 is 11.8 Å². The highest BCUT2D eigenvalue weighted by atomic mass is 32.2. The van der Waals surface area contributed by atoms with Crippen LogP contribution in [0.5, 0.6) is 0 Å². The van der Waals surface area contributed by atoms with Crippen molar-refractivity contribution < 1.29 is 8.81 Å². The van der Waals surface area contributed by atoms with Crippen LogP contribution in [0.3, 0.4) is 0 Å². The summed E-state index contributed by atoms with van der Waals surface area (Å²) in [6.45, 7) is 0. The molecule has 0 spiro atoms. The molecule has 6 heteroatoms. The van der Waals surface area contributed by atoms with Gasteiger partial charge in [-0.3, -0.25) is 0 Å². The van der Waals surface area contributed by atoms with Crippen LogP contribution in [0.25, 0.3) is 11.5 Å². The molecule has 0 fully saturated rings. The van der Waals surface area contributed by atoms with Crippen LogP contribution in [0.15, 0.2) is 58.1 Å². The van der Waals surface area contributed by atoms with Gasteiger partial charge < -0.3 is 4.42 Å². The van der Waals surface area contributed by atoms with Crippen molar-refractivity contribution in [1.29, 1.82) is 0 Å². The second kappa shape index (κ2) is 5.83. The van der Waals surface area contributed by atoms with Crippen molar-refractivity contribution in [2.75, 3.05) is 0 Å². The van der Waals surface area contributed by atoms with E-state index in [1.165, 1.54) is 23.9 Å². The third kappa shape index (κ3) is 3.03. The molecule has 0 unspecified atom stereocenters. The van der Waals surface area contributed by atoms with Crippen molar-refractivity contribution in [2.45, 2.75) is 10.8 Å². The van der Waals surface area contributed by atoms with Crippen LogP contribution in [0.4, 0.5) is 4.39 Å². The second-order valence-corrected chi connectivity index (χ2v) is 4.96. The van der Waals surface area contributed by atoms with Gasteiger partial charge in [-0.1, -0.05) is 17.8 Å². The Hall–Kier alpha value is -2.21. The number of benzene rings is 1. The predicted molar refractivity (Wildman–Crippen MR) is 73.5 cm³/mol. The highest BCUT2D eigenvalue weighted by Crippen LogP contribution is 2.23. The van der Waals surface area contributed by atoms with E-state index in [4.69, 9.17) is 4.42 Å². The molecule has 0 aliphatic rings. The van der Waals surface area contributed by atoms with E-state index in [2.05, 4.69) is 15.2 Å². The first-order valence-electron chi connectivity index (χ1n) is 5.93. The Balaban J connectivity index is 1.69. The molecule has 4 nitrogen and oxygen atoms in total. The number of nitrogens with zero attached hydrogens (tertiary/aromatic N) is 3.